The number of nitrogens with one attached hydrogen (secondary N) is 1. The number of nitrogens with zero attached hydrogens (tertiary/aromatic N) is 2. The van der Waals surface area contributed by atoms with Crippen molar-refractivity contribution in [2.45, 2.75) is 6.54 Å². The zero-order valence-electron chi connectivity index (χ0n) is 13.2. The van der Waals surface area contributed by atoms with Crippen LogP contribution in [0.2, 0.25) is 0 Å². The van der Waals surface area contributed by atoms with Gasteiger partial charge in [-0.3, -0.25) is 0 Å². The fourth-order valence-electron chi connectivity index (χ4n) is 2.94. The number of anilines is 1. The highest BCUT2D eigenvalue weighted by atomic mass is 32.1. The van der Waals surface area contributed by atoms with Crippen molar-refractivity contribution in [3.63, 3.8) is 0 Å². The van der Waals surface area contributed by atoms with Crippen LogP contribution in [0.15, 0.2) is 41.0 Å². The largest absolute Gasteiger partial charge is 0.467 e. The van der Waals surface area contributed by atoms with Crippen molar-refractivity contribution in [3.05, 3.63) is 42.4 Å². The fraction of sp³-hybridized carbons (Fsp3) is 0.353. The molecule has 0 radical (unpaired) electrons. The molecule has 1 N–H and O–H groups in total. The Balaban J connectivity index is 1.30. The van der Waals surface area contributed by atoms with E-state index >= 15 is 0 Å². The highest BCUT2D eigenvalue weighted by Crippen LogP contribution is 2.35. The van der Waals surface area contributed by atoms with Crippen LogP contribution in [0.25, 0.3) is 0 Å². The van der Waals surface area contributed by atoms with Crippen molar-refractivity contribution in [1.82, 2.24) is 10.2 Å². The molecule has 0 aliphatic carbocycles. The molecule has 0 unspecified atom stereocenters. The van der Waals surface area contributed by atoms with Crippen molar-refractivity contribution >= 4 is 23.0 Å². The molecular weight excluding hydrogens is 326 g/mol. The maximum atomic E-state index is 5.49. The molecule has 1 aromatic carbocycles. The summed E-state index contributed by atoms with van der Waals surface area (Å²) in [6.07, 6.45) is 1.67. The minimum absolute atomic E-state index is 0.308. The van der Waals surface area contributed by atoms with E-state index in [9.17, 15) is 0 Å². The number of hydrogen-bond acceptors (Lipinski definition) is 5. The Morgan fingerprint density at radius 3 is 2.71 bits per heavy atom. The summed E-state index contributed by atoms with van der Waals surface area (Å²) < 4.78 is 16.1. The standard InChI is InChI=1S/C17H19N3O3S/c24-17(18-11-14-2-1-9-21-14)20-7-5-19(6-8-20)13-3-4-15-16(10-13)23-12-22-15/h1-4,9-10H,5-8,11-12H2,(H,18,24). The topological polar surface area (TPSA) is 50.1 Å². The lowest BCUT2D eigenvalue weighted by Crippen LogP contribution is -2.51. The number of ether oxygens (including phenoxy) is 2. The summed E-state index contributed by atoms with van der Waals surface area (Å²) in [7, 11) is 0. The SMILES string of the molecule is S=C(NCc1ccco1)N1CCN(c2ccc3c(c2)OCO3)CC1. The van der Waals surface area contributed by atoms with Crippen molar-refractivity contribution < 1.29 is 13.9 Å². The third-order valence-electron chi connectivity index (χ3n) is 4.28. The van der Waals surface area contributed by atoms with Gasteiger partial charge < -0.3 is 29.0 Å². The quantitative estimate of drug-likeness (QED) is 0.856. The highest BCUT2D eigenvalue weighted by molar-refractivity contribution is 7.80. The second-order valence-corrected chi connectivity index (χ2v) is 6.14. The fourth-order valence-corrected chi connectivity index (χ4v) is 3.19. The molecule has 2 aromatic rings. The summed E-state index contributed by atoms with van der Waals surface area (Å²) in [5, 5.41) is 4.03. The smallest absolute Gasteiger partial charge is 0.231 e. The average Bonchev–Trinajstić information content (AvgIpc) is 3.30. The summed E-state index contributed by atoms with van der Waals surface area (Å²) in [6.45, 7) is 4.54. The van der Waals surface area contributed by atoms with E-state index in [2.05, 4.69) is 21.2 Å². The normalized spacial score (nSPS) is 16.3. The summed E-state index contributed by atoms with van der Waals surface area (Å²) in [4.78, 5) is 4.54. The highest BCUT2D eigenvalue weighted by Gasteiger charge is 2.21. The number of furan rings is 1. The molecule has 0 saturated carbocycles. The maximum absolute atomic E-state index is 5.49. The number of hydrogen-bond donors (Lipinski definition) is 1. The minimum atomic E-state index is 0.308. The number of rotatable bonds is 3. The van der Waals surface area contributed by atoms with Gasteiger partial charge in [0.05, 0.1) is 12.8 Å². The van der Waals surface area contributed by atoms with E-state index in [1.807, 2.05) is 24.3 Å². The van der Waals surface area contributed by atoms with Crippen molar-refractivity contribution in [1.29, 1.82) is 0 Å². The van der Waals surface area contributed by atoms with Gasteiger partial charge in [-0.05, 0) is 36.5 Å². The van der Waals surface area contributed by atoms with Gasteiger partial charge in [0, 0.05) is 37.9 Å². The van der Waals surface area contributed by atoms with Gasteiger partial charge in [-0.25, -0.2) is 0 Å². The van der Waals surface area contributed by atoms with E-state index in [1.165, 1.54) is 0 Å². The number of piperazine rings is 1. The third kappa shape index (κ3) is 3.12. The molecule has 1 fully saturated rings. The van der Waals surface area contributed by atoms with Crippen LogP contribution in [-0.4, -0.2) is 43.0 Å². The van der Waals surface area contributed by atoms with Gasteiger partial charge in [0.15, 0.2) is 16.6 Å². The van der Waals surface area contributed by atoms with Gasteiger partial charge in [0.25, 0.3) is 0 Å². The lowest BCUT2D eigenvalue weighted by molar-refractivity contribution is 0.174. The van der Waals surface area contributed by atoms with Crippen LogP contribution >= 0.6 is 12.2 Å². The molecule has 2 aliphatic heterocycles. The molecule has 0 bridgehead atoms. The van der Waals surface area contributed by atoms with Crippen LogP contribution in [0.1, 0.15) is 5.76 Å². The third-order valence-corrected chi connectivity index (χ3v) is 4.68. The molecule has 24 heavy (non-hydrogen) atoms. The number of thiocarbonyl (C=S) groups is 1. The predicted molar refractivity (Wildman–Crippen MR) is 94.5 cm³/mol. The van der Waals surface area contributed by atoms with Crippen molar-refractivity contribution in [2.75, 3.05) is 37.9 Å². The van der Waals surface area contributed by atoms with Gasteiger partial charge in [-0.15, -0.1) is 0 Å². The molecular formula is C17H19N3O3S. The van der Waals surface area contributed by atoms with Crippen LogP contribution < -0.4 is 19.7 Å². The molecule has 6 nitrogen and oxygen atoms in total. The van der Waals surface area contributed by atoms with Gasteiger partial charge in [-0.1, -0.05) is 0 Å². The van der Waals surface area contributed by atoms with E-state index in [4.69, 9.17) is 26.1 Å². The zero-order chi connectivity index (χ0) is 16.4. The second kappa shape index (κ2) is 6.60. The van der Waals surface area contributed by atoms with Gasteiger partial charge in [-0.2, -0.15) is 0 Å². The summed E-state index contributed by atoms with van der Waals surface area (Å²) in [5.74, 6) is 2.53. The first-order valence-corrected chi connectivity index (χ1v) is 8.40. The molecule has 1 aromatic heterocycles. The second-order valence-electron chi connectivity index (χ2n) is 5.75. The Labute approximate surface area is 145 Å². The Morgan fingerprint density at radius 2 is 1.92 bits per heavy atom. The lowest BCUT2D eigenvalue weighted by atomic mass is 10.2. The van der Waals surface area contributed by atoms with Crippen molar-refractivity contribution in [3.8, 4) is 11.5 Å². The minimum Gasteiger partial charge on any atom is -0.467 e. The van der Waals surface area contributed by atoms with E-state index < -0.39 is 0 Å². The Morgan fingerprint density at radius 1 is 1.08 bits per heavy atom. The summed E-state index contributed by atoms with van der Waals surface area (Å²) in [6, 6.07) is 9.92. The molecule has 4 rings (SSSR count). The van der Waals surface area contributed by atoms with Crippen LogP contribution in [0.4, 0.5) is 5.69 Å². The van der Waals surface area contributed by atoms with E-state index in [-0.39, 0.29) is 0 Å². The molecule has 2 aliphatic rings. The van der Waals surface area contributed by atoms with Crippen LogP contribution in [0, 0.1) is 0 Å². The van der Waals surface area contributed by atoms with Gasteiger partial charge in [0.1, 0.15) is 5.76 Å². The van der Waals surface area contributed by atoms with Crippen LogP contribution in [-0.2, 0) is 6.54 Å². The number of fused-ring (bicyclic) bond motifs is 1. The summed E-state index contributed by atoms with van der Waals surface area (Å²) in [5.41, 5.74) is 1.16. The lowest BCUT2D eigenvalue weighted by Gasteiger charge is -2.37. The Hall–Kier alpha value is -2.41. The molecule has 0 spiro atoms. The maximum Gasteiger partial charge on any atom is 0.231 e. The molecule has 126 valence electrons. The molecule has 7 heteroatoms. The Bertz CT molecular complexity index is 712. The zero-order valence-corrected chi connectivity index (χ0v) is 14.1. The van der Waals surface area contributed by atoms with Crippen LogP contribution in [0.3, 0.4) is 0 Å². The summed E-state index contributed by atoms with van der Waals surface area (Å²) >= 11 is 5.49. The van der Waals surface area contributed by atoms with Gasteiger partial charge in [0.2, 0.25) is 6.79 Å². The number of benzene rings is 1. The van der Waals surface area contributed by atoms with Crippen molar-refractivity contribution in [2.24, 2.45) is 0 Å². The van der Waals surface area contributed by atoms with Crippen LogP contribution in [0.5, 0.6) is 11.5 Å². The molecule has 0 atom stereocenters. The monoisotopic (exact) mass is 345 g/mol. The Kier molecular flexibility index (Phi) is 4.17. The first-order chi connectivity index (χ1) is 11.8. The first-order valence-electron chi connectivity index (χ1n) is 7.99. The molecule has 1 saturated heterocycles. The molecule has 0 amide bonds. The first kappa shape index (κ1) is 15.1. The average molecular weight is 345 g/mol. The van der Waals surface area contributed by atoms with E-state index in [1.54, 1.807) is 6.26 Å². The predicted octanol–water partition coefficient (Wildman–Crippen LogP) is 2.21. The van der Waals surface area contributed by atoms with Gasteiger partial charge >= 0.3 is 0 Å². The van der Waals surface area contributed by atoms with E-state index in [0.29, 0.717) is 13.3 Å². The molecule has 3 heterocycles. The van der Waals surface area contributed by atoms with E-state index in [0.717, 1.165) is 54.2 Å².